The first-order chi connectivity index (χ1) is 14.4. The molecule has 7 heteroatoms. The van der Waals surface area contributed by atoms with E-state index >= 15 is 0 Å². The van der Waals surface area contributed by atoms with Crippen molar-refractivity contribution in [1.82, 2.24) is 9.97 Å². The van der Waals surface area contributed by atoms with Gasteiger partial charge in [0, 0.05) is 45.9 Å². The molecule has 0 amide bonds. The Balaban J connectivity index is -0.000000358. The average molecular weight is 528 g/mol. The first kappa shape index (κ1) is 34.6. The summed E-state index contributed by atoms with van der Waals surface area (Å²) < 4.78 is 0. The molecule has 4 aromatic rings. The number of aromatic nitrogens is 2. The number of pyridine rings is 2. The molecule has 2 aromatic heterocycles. The molecule has 0 spiro atoms. The Morgan fingerprint density at radius 2 is 0.697 bits per heavy atom. The molecule has 6 nitrogen and oxygen atoms in total. The first-order valence-corrected chi connectivity index (χ1v) is 9.60. The van der Waals surface area contributed by atoms with Crippen molar-refractivity contribution in [2.24, 2.45) is 0 Å². The zero-order chi connectivity index (χ0) is 22.2. The van der Waals surface area contributed by atoms with Crippen LogP contribution in [0.1, 0.15) is 22.3 Å². The van der Waals surface area contributed by atoms with Crippen LogP contribution in [0.4, 0.5) is 0 Å². The maximum atomic E-state index is 11.0. The fourth-order valence-corrected chi connectivity index (χ4v) is 2.22. The molecule has 0 N–H and O–H groups in total. The largest absolute Gasteiger partial charge is 2.00 e. The van der Waals surface area contributed by atoms with Gasteiger partial charge in [-0.1, -0.05) is 70.8 Å². The first-order valence-electron chi connectivity index (χ1n) is 9.60. The number of hydrogen-bond donors (Lipinski definition) is 0. The summed E-state index contributed by atoms with van der Waals surface area (Å²) in [7, 11) is 0. The van der Waals surface area contributed by atoms with E-state index < -0.39 is 0 Å². The SMILES string of the molecule is Cc1cccc(C)c1[O-].Cc1cccc(C)c1[O-].[Mo].[O-2].[O-2].c1ccncc1.c1ccncc1. The molecule has 178 valence electrons. The van der Waals surface area contributed by atoms with E-state index in [0.717, 1.165) is 22.3 Å². The molecule has 0 aliphatic heterocycles. The van der Waals surface area contributed by atoms with Crippen LogP contribution >= 0.6 is 0 Å². The van der Waals surface area contributed by atoms with Crippen LogP contribution < -0.4 is 10.2 Å². The molecule has 4 rings (SSSR count). The summed E-state index contributed by atoms with van der Waals surface area (Å²) in [5.41, 5.74) is 3.31. The molecule has 0 unspecified atom stereocenters. The van der Waals surface area contributed by atoms with Crippen LogP contribution in [0.3, 0.4) is 0 Å². The van der Waals surface area contributed by atoms with Gasteiger partial charge >= 0.3 is 0 Å². The minimum atomic E-state index is 0. The maximum absolute atomic E-state index is 11.0. The molecule has 2 heterocycles. The Labute approximate surface area is 210 Å². The van der Waals surface area contributed by atoms with Gasteiger partial charge in [-0.25, -0.2) is 0 Å². The van der Waals surface area contributed by atoms with Gasteiger partial charge in [-0.3, -0.25) is 9.97 Å². The van der Waals surface area contributed by atoms with E-state index in [1.165, 1.54) is 0 Å². The monoisotopic (exact) mass is 530 g/mol. The van der Waals surface area contributed by atoms with Gasteiger partial charge in [0.25, 0.3) is 0 Å². The summed E-state index contributed by atoms with van der Waals surface area (Å²) in [5.74, 6) is 0.329. The summed E-state index contributed by atoms with van der Waals surface area (Å²) in [6.45, 7) is 7.31. The zero-order valence-electron chi connectivity index (χ0n) is 19.2. The number of nitrogens with zero attached hydrogens (tertiary/aromatic N) is 2. The van der Waals surface area contributed by atoms with Crippen LogP contribution in [0.5, 0.6) is 11.5 Å². The summed E-state index contributed by atoms with van der Waals surface area (Å²) in [5, 5.41) is 21.9. The van der Waals surface area contributed by atoms with Crippen LogP contribution in [-0.4, -0.2) is 9.97 Å². The van der Waals surface area contributed by atoms with Gasteiger partial charge in [0.05, 0.1) is 0 Å². The Kier molecular flexibility index (Phi) is 21.8. The van der Waals surface area contributed by atoms with Crippen molar-refractivity contribution in [2.45, 2.75) is 27.7 Å². The van der Waals surface area contributed by atoms with E-state index in [0.29, 0.717) is 0 Å². The molecular weight excluding hydrogens is 500 g/mol. The van der Waals surface area contributed by atoms with Crippen LogP contribution in [-0.2, 0) is 32.0 Å². The van der Waals surface area contributed by atoms with Crippen molar-refractivity contribution in [2.75, 3.05) is 0 Å². The zero-order valence-corrected chi connectivity index (χ0v) is 21.2. The second-order valence-corrected chi connectivity index (χ2v) is 6.49. The third kappa shape index (κ3) is 15.4. The summed E-state index contributed by atoms with van der Waals surface area (Å²) >= 11 is 0. The smallest absolute Gasteiger partial charge is 0.0267 e. The number of para-hydroxylation sites is 2. The van der Waals surface area contributed by atoms with Crippen LogP contribution in [0.15, 0.2) is 97.6 Å². The molecule has 0 saturated heterocycles. The molecule has 0 aliphatic carbocycles. The van der Waals surface area contributed by atoms with Crippen molar-refractivity contribution >= 4 is 0 Å². The topological polar surface area (TPSA) is 129 Å². The molecule has 0 aliphatic rings. The van der Waals surface area contributed by atoms with Gasteiger partial charge in [0.15, 0.2) is 0 Å². The Morgan fingerprint density at radius 1 is 0.455 bits per heavy atom. The molecule has 2 aromatic carbocycles. The second-order valence-electron chi connectivity index (χ2n) is 6.49. The minimum Gasteiger partial charge on any atom is -2.00 e. The van der Waals surface area contributed by atoms with Crippen molar-refractivity contribution < 1.29 is 42.2 Å². The normalized spacial score (nSPS) is 8.12. The van der Waals surface area contributed by atoms with Gasteiger partial charge in [-0.05, 0) is 52.0 Å². The Morgan fingerprint density at radius 3 is 0.818 bits per heavy atom. The Hall–Kier alpha value is -3.05. The predicted molar refractivity (Wildman–Crippen MR) is 121 cm³/mol. The summed E-state index contributed by atoms with van der Waals surface area (Å²) in [6.07, 6.45) is 7.00. The molecule has 0 fully saturated rings. The van der Waals surface area contributed by atoms with Gasteiger partial charge in [0.2, 0.25) is 0 Å². The maximum Gasteiger partial charge on any atom is 0.0267 e. The van der Waals surface area contributed by atoms with Crippen molar-refractivity contribution in [1.29, 1.82) is 0 Å². The van der Waals surface area contributed by atoms with Crippen LogP contribution in [0, 0.1) is 27.7 Å². The van der Waals surface area contributed by atoms with Crippen LogP contribution in [0.2, 0.25) is 0 Å². The van der Waals surface area contributed by atoms with Gasteiger partial charge in [0.1, 0.15) is 0 Å². The van der Waals surface area contributed by atoms with E-state index in [4.69, 9.17) is 0 Å². The predicted octanol–water partition coefficient (Wildman–Crippen LogP) is 4.68. The molecule has 33 heavy (non-hydrogen) atoms. The Bertz CT molecular complexity index is 797. The van der Waals surface area contributed by atoms with Gasteiger partial charge < -0.3 is 21.2 Å². The van der Waals surface area contributed by atoms with E-state index in [9.17, 15) is 10.2 Å². The molecule has 0 bridgehead atoms. The molecular formula is C26H28MoN2O4-6. The second kappa shape index (κ2) is 20.8. The van der Waals surface area contributed by atoms with Gasteiger partial charge in [-0.15, -0.1) is 11.5 Å². The van der Waals surface area contributed by atoms with E-state index in [1.807, 2.05) is 100 Å². The fourth-order valence-electron chi connectivity index (χ4n) is 2.22. The van der Waals surface area contributed by atoms with Crippen molar-refractivity contribution in [3.63, 3.8) is 0 Å². The molecule has 0 saturated carbocycles. The third-order valence-corrected chi connectivity index (χ3v) is 3.95. The van der Waals surface area contributed by atoms with Gasteiger partial charge in [-0.2, -0.15) is 0 Å². The van der Waals surface area contributed by atoms with Crippen LogP contribution in [0.25, 0.3) is 0 Å². The molecule has 0 radical (unpaired) electrons. The van der Waals surface area contributed by atoms with Crippen molar-refractivity contribution in [3.8, 4) is 11.5 Å². The summed E-state index contributed by atoms with van der Waals surface area (Å²) in [6, 6.07) is 22.5. The number of hydrogen-bond acceptors (Lipinski definition) is 4. The van der Waals surface area contributed by atoms with Crippen molar-refractivity contribution in [3.05, 3.63) is 120 Å². The molecule has 0 atom stereocenters. The third-order valence-electron chi connectivity index (χ3n) is 3.95. The number of aryl methyl sites for hydroxylation is 4. The average Bonchev–Trinajstić information content (AvgIpc) is 2.79. The van der Waals surface area contributed by atoms with E-state index in [-0.39, 0.29) is 43.5 Å². The quantitative estimate of drug-likeness (QED) is 0.307. The number of benzene rings is 2. The van der Waals surface area contributed by atoms with E-state index in [2.05, 4.69) is 9.97 Å². The van der Waals surface area contributed by atoms with E-state index in [1.54, 1.807) is 24.8 Å². The number of rotatable bonds is 0. The minimum absolute atomic E-state index is 0. The summed E-state index contributed by atoms with van der Waals surface area (Å²) in [4.78, 5) is 7.57. The fraction of sp³-hybridized carbons (Fsp3) is 0.154. The standard InChI is InChI=1S/2C8H10O.2C5H5N.Mo.2O/c2*1-6-4-3-5-7(2)8(6)9;2*1-2-4-6-5-3-1;;;/h2*3-5,9H,1-2H3;2*1-5H;;;/q;;;;;2*-2/p-2.